The van der Waals surface area contributed by atoms with Crippen LogP contribution in [0.15, 0.2) is 53.4 Å². The molecule has 2 saturated heterocycles. The van der Waals surface area contributed by atoms with E-state index in [0.717, 1.165) is 18.2 Å². The van der Waals surface area contributed by atoms with Crippen molar-refractivity contribution in [3.8, 4) is 5.75 Å². The second kappa shape index (κ2) is 13.7. The van der Waals surface area contributed by atoms with Crippen LogP contribution in [0.1, 0.15) is 31.4 Å². The molecule has 2 heterocycles. The van der Waals surface area contributed by atoms with Crippen LogP contribution >= 0.6 is 0 Å². The number of nitrogens with one attached hydrogen (secondary N) is 2. The van der Waals surface area contributed by atoms with E-state index in [2.05, 4.69) is 10.8 Å². The summed E-state index contributed by atoms with van der Waals surface area (Å²) in [6, 6.07) is 6.01. The Morgan fingerprint density at radius 3 is 2.40 bits per heavy atom. The van der Waals surface area contributed by atoms with E-state index in [1.807, 2.05) is 0 Å². The summed E-state index contributed by atoms with van der Waals surface area (Å²) in [5, 5.41) is 44.2. The van der Waals surface area contributed by atoms with Crippen molar-refractivity contribution in [2.75, 3.05) is 6.79 Å². The van der Waals surface area contributed by atoms with E-state index in [0.29, 0.717) is 11.1 Å². The smallest absolute Gasteiger partial charge is 0.247 e. The second-order valence-corrected chi connectivity index (χ2v) is 10.9. The zero-order valence-corrected chi connectivity index (χ0v) is 24.2. The van der Waals surface area contributed by atoms with Gasteiger partial charge in [0.1, 0.15) is 43.4 Å². The van der Waals surface area contributed by atoms with Crippen LogP contribution in [0.5, 0.6) is 5.75 Å². The van der Waals surface area contributed by atoms with Gasteiger partial charge in [0.2, 0.25) is 12.2 Å². The molecule has 1 amide bonds. The Kier molecular flexibility index (Phi) is 9.98. The summed E-state index contributed by atoms with van der Waals surface area (Å²) in [5.41, 5.74) is 3.65. The van der Waals surface area contributed by atoms with Crippen molar-refractivity contribution >= 4 is 12.0 Å². The maximum atomic E-state index is 14.9. The normalized spacial score (nSPS) is 30.8. The zero-order valence-electron chi connectivity index (χ0n) is 24.2. The number of aliphatic hydroxyl groups is 4. The Balaban J connectivity index is 1.15. The molecule has 0 radical (unpaired) electrons. The molecule has 2 aromatic rings. The fourth-order valence-corrected chi connectivity index (χ4v) is 5.26. The van der Waals surface area contributed by atoms with Crippen molar-refractivity contribution in [2.24, 2.45) is 0 Å². The van der Waals surface area contributed by atoms with Crippen molar-refractivity contribution in [1.29, 1.82) is 0 Å². The van der Waals surface area contributed by atoms with Gasteiger partial charge in [-0.05, 0) is 55.3 Å². The van der Waals surface area contributed by atoms with Crippen LogP contribution in [0, 0.1) is 17.5 Å². The summed E-state index contributed by atoms with van der Waals surface area (Å²) >= 11 is 0. The third kappa shape index (κ3) is 7.25. The number of halogens is 3. The van der Waals surface area contributed by atoms with E-state index < -0.39 is 72.3 Å². The number of fused-ring (bicyclic) bond motifs is 1. The summed E-state index contributed by atoms with van der Waals surface area (Å²) in [7, 11) is 0. The highest BCUT2D eigenvalue weighted by molar-refractivity contribution is 5.97. The number of allylic oxidation sites excluding steroid dienone is 1. The van der Waals surface area contributed by atoms with Gasteiger partial charge in [-0.15, -0.1) is 0 Å². The molecule has 3 fully saturated rings. The number of ether oxygens (including phenoxy) is 4. The SMILES string of the molecule is CC(=Cc1ccc(O[C@H]2C[C@H](O)C(=C(C)NOCc3ccc(F)c(F)c3)O2)c(F)c1)C(=O)N[C@@H]1[C@H](O)[C@@H](O)[C@H]2OCO[C@H]2[C@@H]1O. The number of amides is 1. The van der Waals surface area contributed by atoms with E-state index in [-0.39, 0.29) is 42.6 Å². The molecule has 2 aromatic carbocycles. The number of hydroxylamine groups is 1. The van der Waals surface area contributed by atoms with E-state index in [1.54, 1.807) is 6.92 Å². The first-order valence-corrected chi connectivity index (χ1v) is 14.0. The molecule has 3 aliphatic rings. The van der Waals surface area contributed by atoms with E-state index >= 15 is 0 Å². The van der Waals surface area contributed by atoms with Crippen molar-refractivity contribution in [3.63, 3.8) is 0 Å². The standard InChI is InChI=1S/C30H33F3N2O10/c1-13(30(40)34-23-24(37)26(39)29-28(25(23)38)41-12-42-29)7-15-4-6-21(19(33)8-15)44-22-10-20(36)27(45-22)14(2)35-43-11-16-3-5-17(31)18(32)9-16/h3-9,20,22-26,28-29,35-39H,10-12H2,1-2H3,(H,34,40)/t20-,22+,23+,24-,25+,26+,28-,29+/m0/s1. The van der Waals surface area contributed by atoms with Crippen molar-refractivity contribution < 1.29 is 62.2 Å². The molecule has 12 nitrogen and oxygen atoms in total. The van der Waals surface area contributed by atoms with Crippen molar-refractivity contribution in [1.82, 2.24) is 10.8 Å². The monoisotopic (exact) mass is 638 g/mol. The fourth-order valence-electron chi connectivity index (χ4n) is 5.26. The van der Waals surface area contributed by atoms with E-state index in [4.69, 9.17) is 23.8 Å². The van der Waals surface area contributed by atoms with E-state index in [9.17, 15) is 38.4 Å². The molecule has 5 rings (SSSR count). The highest BCUT2D eigenvalue weighted by atomic mass is 19.2. The molecule has 0 unspecified atom stereocenters. The van der Waals surface area contributed by atoms with Crippen LogP contribution in [0.3, 0.4) is 0 Å². The lowest BCUT2D eigenvalue weighted by molar-refractivity contribution is -0.155. The third-order valence-corrected chi connectivity index (χ3v) is 7.65. The lowest BCUT2D eigenvalue weighted by Gasteiger charge is -2.41. The largest absolute Gasteiger partial charge is 0.454 e. The number of hydrogen-bond acceptors (Lipinski definition) is 11. The summed E-state index contributed by atoms with van der Waals surface area (Å²) in [5.74, 6) is -3.52. The van der Waals surface area contributed by atoms with Gasteiger partial charge in [0.25, 0.3) is 0 Å². The van der Waals surface area contributed by atoms with Crippen LogP contribution < -0.4 is 15.5 Å². The summed E-state index contributed by atoms with van der Waals surface area (Å²) < 4.78 is 63.1. The maximum absolute atomic E-state index is 14.9. The zero-order chi connectivity index (χ0) is 32.4. The Morgan fingerprint density at radius 2 is 1.69 bits per heavy atom. The van der Waals surface area contributed by atoms with Gasteiger partial charge in [-0.3, -0.25) is 15.1 Å². The molecule has 0 bridgehead atoms. The Hall–Kier alpha value is -3.70. The average molecular weight is 639 g/mol. The van der Waals surface area contributed by atoms with Crippen LogP contribution in [-0.4, -0.2) is 82.1 Å². The highest BCUT2D eigenvalue weighted by Crippen LogP contribution is 2.31. The maximum Gasteiger partial charge on any atom is 0.247 e. The predicted molar refractivity (Wildman–Crippen MR) is 148 cm³/mol. The molecule has 8 atom stereocenters. The molecule has 45 heavy (non-hydrogen) atoms. The molecule has 0 spiro atoms. The highest BCUT2D eigenvalue weighted by Gasteiger charge is 2.53. The second-order valence-electron chi connectivity index (χ2n) is 10.9. The topological polar surface area (TPSA) is 168 Å². The number of rotatable bonds is 9. The lowest BCUT2D eigenvalue weighted by atomic mass is 9.83. The molecule has 15 heteroatoms. The van der Waals surface area contributed by atoms with Crippen molar-refractivity contribution in [3.05, 3.63) is 82.0 Å². The van der Waals surface area contributed by atoms with Gasteiger partial charge < -0.3 is 44.7 Å². The summed E-state index contributed by atoms with van der Waals surface area (Å²) in [4.78, 5) is 18.1. The number of hydrogen-bond donors (Lipinski definition) is 6. The average Bonchev–Trinajstić information content (AvgIpc) is 3.64. The van der Waals surface area contributed by atoms with Crippen LogP contribution in [0.2, 0.25) is 0 Å². The first-order valence-electron chi connectivity index (χ1n) is 14.0. The minimum absolute atomic E-state index is 0.0236. The first kappa shape index (κ1) is 32.7. The van der Waals surface area contributed by atoms with Crippen LogP contribution in [0.4, 0.5) is 13.2 Å². The first-order chi connectivity index (χ1) is 21.4. The predicted octanol–water partition coefficient (Wildman–Crippen LogP) is 1.27. The quantitative estimate of drug-likeness (QED) is 0.173. The number of carbonyl (C=O) groups is 1. The van der Waals surface area contributed by atoms with Gasteiger partial charge in [0.15, 0.2) is 29.0 Å². The third-order valence-electron chi connectivity index (χ3n) is 7.65. The number of carbonyl (C=O) groups excluding carboxylic acids is 1. The van der Waals surface area contributed by atoms with Gasteiger partial charge in [0, 0.05) is 5.57 Å². The van der Waals surface area contributed by atoms with Gasteiger partial charge in [-0.2, -0.15) is 0 Å². The van der Waals surface area contributed by atoms with E-state index in [1.165, 1.54) is 31.2 Å². The van der Waals surface area contributed by atoms with Gasteiger partial charge in [0.05, 0.1) is 24.8 Å². The summed E-state index contributed by atoms with van der Waals surface area (Å²) in [6.07, 6.45) is -6.88. The van der Waals surface area contributed by atoms with Gasteiger partial charge in [-0.1, -0.05) is 12.1 Å². The molecular formula is C30H33F3N2O10. The Morgan fingerprint density at radius 1 is 0.956 bits per heavy atom. The molecule has 2 aliphatic heterocycles. The minimum Gasteiger partial charge on any atom is -0.454 e. The van der Waals surface area contributed by atoms with Gasteiger partial charge >= 0.3 is 0 Å². The summed E-state index contributed by atoms with van der Waals surface area (Å²) in [6.45, 7) is 2.73. The molecule has 1 aliphatic carbocycles. The lowest BCUT2D eigenvalue weighted by Crippen LogP contribution is -2.67. The van der Waals surface area contributed by atoms with Crippen molar-refractivity contribution in [2.45, 2.75) is 75.8 Å². The molecule has 244 valence electrons. The molecule has 0 aromatic heterocycles. The number of benzene rings is 2. The Labute approximate surface area is 255 Å². The fraction of sp³-hybridized carbons (Fsp3) is 0.433. The molecule has 1 saturated carbocycles. The van der Waals surface area contributed by atoms with Crippen LogP contribution in [0.25, 0.3) is 6.08 Å². The molecular weight excluding hydrogens is 605 g/mol. The van der Waals surface area contributed by atoms with Gasteiger partial charge in [-0.25, -0.2) is 13.2 Å². The number of aliphatic hydroxyl groups excluding tert-OH is 4. The van der Waals surface area contributed by atoms with Crippen LogP contribution in [-0.2, 0) is 30.4 Å². The minimum atomic E-state index is -1.51. The Bertz CT molecular complexity index is 1470. The molecule has 6 N–H and O–H groups in total.